The molecule has 0 saturated heterocycles. The Kier molecular flexibility index (Phi) is 5.01. The van der Waals surface area contributed by atoms with E-state index in [9.17, 15) is 8.42 Å². The molecule has 0 radical (unpaired) electrons. The van der Waals surface area contributed by atoms with Gasteiger partial charge in [0.2, 0.25) is 11.8 Å². The second-order valence-corrected chi connectivity index (χ2v) is 10.1. The van der Waals surface area contributed by atoms with Gasteiger partial charge in [0, 0.05) is 18.8 Å². The van der Waals surface area contributed by atoms with Gasteiger partial charge in [-0.05, 0) is 43.2 Å². The van der Waals surface area contributed by atoms with Crippen LogP contribution in [0.2, 0.25) is 0 Å². The van der Waals surface area contributed by atoms with Crippen LogP contribution in [0.3, 0.4) is 0 Å². The Morgan fingerprint density at radius 2 is 1.97 bits per heavy atom. The van der Waals surface area contributed by atoms with Gasteiger partial charge in [-0.1, -0.05) is 32.0 Å². The number of ether oxygens (including phenoxy) is 1. The summed E-state index contributed by atoms with van der Waals surface area (Å²) >= 11 is 0. The predicted octanol–water partition coefficient (Wildman–Crippen LogP) is 3.63. The molecule has 1 aliphatic rings. The molecule has 0 amide bonds. The summed E-state index contributed by atoms with van der Waals surface area (Å²) in [5.41, 5.74) is 2.81. The van der Waals surface area contributed by atoms with Gasteiger partial charge in [-0.25, -0.2) is 18.1 Å². The Hall–Kier alpha value is -2.94. The number of aryl methyl sites for hydroxylation is 3. The number of hydrogen-bond acceptors (Lipinski definition) is 6. The van der Waals surface area contributed by atoms with Crippen molar-refractivity contribution in [2.45, 2.75) is 44.9 Å². The van der Waals surface area contributed by atoms with Gasteiger partial charge in [0.25, 0.3) is 10.0 Å². The zero-order valence-electron chi connectivity index (χ0n) is 17.5. The SMILES string of the molecule is Cc1ccccc1Oc1nc(NS(=O)(=O)c2cnn(C)c2)nc2c1CC(C)(C)CC2. The van der Waals surface area contributed by atoms with Crippen molar-refractivity contribution in [3.63, 3.8) is 0 Å². The summed E-state index contributed by atoms with van der Waals surface area (Å²) < 4.78 is 35.5. The molecular weight excluding hydrogens is 402 g/mol. The molecule has 30 heavy (non-hydrogen) atoms. The number of nitrogens with zero attached hydrogens (tertiary/aromatic N) is 4. The lowest BCUT2D eigenvalue weighted by molar-refractivity contribution is 0.303. The first-order valence-corrected chi connectivity index (χ1v) is 11.3. The molecule has 0 spiro atoms. The molecule has 0 saturated carbocycles. The summed E-state index contributed by atoms with van der Waals surface area (Å²) in [6, 6.07) is 7.66. The fourth-order valence-electron chi connectivity index (χ4n) is 3.54. The third-order valence-electron chi connectivity index (χ3n) is 5.27. The molecule has 1 aliphatic carbocycles. The number of anilines is 1. The van der Waals surface area contributed by atoms with E-state index in [1.807, 2.05) is 31.2 Å². The smallest absolute Gasteiger partial charge is 0.267 e. The van der Waals surface area contributed by atoms with Gasteiger partial charge in [0.15, 0.2) is 0 Å². The van der Waals surface area contributed by atoms with Crippen molar-refractivity contribution in [2.75, 3.05) is 4.72 Å². The summed E-state index contributed by atoms with van der Waals surface area (Å²) in [6.07, 6.45) is 5.16. The van der Waals surface area contributed by atoms with Gasteiger partial charge in [-0.15, -0.1) is 0 Å². The zero-order chi connectivity index (χ0) is 21.5. The number of nitrogens with one attached hydrogen (secondary N) is 1. The van der Waals surface area contributed by atoms with Crippen LogP contribution < -0.4 is 9.46 Å². The molecule has 0 aliphatic heterocycles. The maximum Gasteiger partial charge on any atom is 0.267 e. The summed E-state index contributed by atoms with van der Waals surface area (Å²) in [6.45, 7) is 6.36. The Morgan fingerprint density at radius 1 is 1.20 bits per heavy atom. The number of benzene rings is 1. The number of para-hydroxylation sites is 1. The van der Waals surface area contributed by atoms with Crippen LogP contribution in [0.4, 0.5) is 5.95 Å². The van der Waals surface area contributed by atoms with Gasteiger partial charge in [0.05, 0.1) is 11.9 Å². The van der Waals surface area contributed by atoms with Crippen LogP contribution in [0, 0.1) is 12.3 Å². The fourth-order valence-corrected chi connectivity index (χ4v) is 4.46. The molecule has 1 N–H and O–H groups in total. The Labute approximate surface area is 176 Å². The molecule has 0 unspecified atom stereocenters. The average molecular weight is 428 g/mol. The molecule has 3 aromatic rings. The molecular formula is C21H25N5O3S. The van der Waals surface area contributed by atoms with Crippen molar-refractivity contribution in [3.8, 4) is 11.6 Å². The van der Waals surface area contributed by atoms with Crippen LogP contribution >= 0.6 is 0 Å². The standard InChI is InChI=1S/C21H25N5O3S/c1-14-7-5-6-8-18(14)29-19-16-11-21(2,3)10-9-17(16)23-20(24-19)25-30(27,28)15-12-22-26(4)13-15/h5-8,12-13H,9-11H2,1-4H3,(H,23,24,25). The minimum Gasteiger partial charge on any atom is -0.438 e. The highest BCUT2D eigenvalue weighted by molar-refractivity contribution is 7.92. The van der Waals surface area contributed by atoms with Crippen molar-refractivity contribution in [1.82, 2.24) is 19.7 Å². The van der Waals surface area contributed by atoms with Crippen molar-refractivity contribution in [1.29, 1.82) is 0 Å². The van der Waals surface area contributed by atoms with Gasteiger partial charge < -0.3 is 4.74 Å². The molecule has 0 atom stereocenters. The minimum absolute atomic E-state index is 0.000827. The highest BCUT2D eigenvalue weighted by Crippen LogP contribution is 2.39. The lowest BCUT2D eigenvalue weighted by atomic mass is 9.76. The summed E-state index contributed by atoms with van der Waals surface area (Å²) in [5, 5.41) is 3.93. The lowest BCUT2D eigenvalue weighted by Gasteiger charge is -2.31. The fraction of sp³-hybridized carbons (Fsp3) is 0.381. The van der Waals surface area contributed by atoms with Crippen LogP contribution in [0.1, 0.15) is 37.1 Å². The zero-order valence-corrected chi connectivity index (χ0v) is 18.3. The number of aromatic nitrogens is 4. The van der Waals surface area contributed by atoms with E-state index in [2.05, 4.69) is 33.6 Å². The number of hydrogen-bond donors (Lipinski definition) is 1. The lowest BCUT2D eigenvalue weighted by Crippen LogP contribution is -2.25. The van der Waals surface area contributed by atoms with E-state index in [1.165, 1.54) is 17.1 Å². The third kappa shape index (κ3) is 4.16. The maximum absolute atomic E-state index is 12.7. The molecule has 0 fully saturated rings. The number of rotatable bonds is 5. The normalized spacial score (nSPS) is 15.5. The second kappa shape index (κ2) is 7.39. The largest absolute Gasteiger partial charge is 0.438 e. The van der Waals surface area contributed by atoms with Gasteiger partial charge >= 0.3 is 0 Å². The van der Waals surface area contributed by atoms with Gasteiger partial charge in [-0.2, -0.15) is 10.1 Å². The van der Waals surface area contributed by atoms with E-state index < -0.39 is 10.0 Å². The molecule has 1 aromatic carbocycles. The van der Waals surface area contributed by atoms with E-state index in [-0.39, 0.29) is 16.3 Å². The van der Waals surface area contributed by atoms with Gasteiger partial charge in [-0.3, -0.25) is 4.68 Å². The first-order valence-electron chi connectivity index (χ1n) is 9.78. The van der Waals surface area contributed by atoms with Crippen molar-refractivity contribution >= 4 is 16.0 Å². The molecule has 4 rings (SSSR count). The molecule has 2 heterocycles. The molecule has 0 bridgehead atoms. The van der Waals surface area contributed by atoms with Crippen LogP contribution in [0.15, 0.2) is 41.6 Å². The van der Waals surface area contributed by atoms with E-state index in [0.29, 0.717) is 11.6 Å². The first-order chi connectivity index (χ1) is 14.1. The summed E-state index contributed by atoms with van der Waals surface area (Å²) in [7, 11) is -2.20. The first kappa shape index (κ1) is 20.3. The van der Waals surface area contributed by atoms with Crippen LogP contribution in [0.25, 0.3) is 0 Å². The monoisotopic (exact) mass is 427 g/mol. The van der Waals surface area contributed by atoms with Crippen LogP contribution in [0.5, 0.6) is 11.6 Å². The highest BCUT2D eigenvalue weighted by Gasteiger charge is 2.31. The molecule has 2 aromatic heterocycles. The molecule has 158 valence electrons. The van der Waals surface area contributed by atoms with Crippen LogP contribution in [-0.4, -0.2) is 28.2 Å². The number of sulfonamides is 1. The predicted molar refractivity (Wildman–Crippen MR) is 113 cm³/mol. The Morgan fingerprint density at radius 3 is 2.67 bits per heavy atom. The summed E-state index contributed by atoms with van der Waals surface area (Å²) in [5.74, 6) is 1.08. The maximum atomic E-state index is 12.7. The topological polar surface area (TPSA) is 99.0 Å². The summed E-state index contributed by atoms with van der Waals surface area (Å²) in [4.78, 5) is 9.02. The minimum atomic E-state index is -3.85. The van der Waals surface area contributed by atoms with Gasteiger partial charge in [0.1, 0.15) is 10.6 Å². The molecule has 9 heteroatoms. The van der Waals surface area contributed by atoms with Crippen molar-refractivity contribution < 1.29 is 13.2 Å². The van der Waals surface area contributed by atoms with E-state index in [0.717, 1.165) is 36.1 Å². The van der Waals surface area contributed by atoms with Crippen molar-refractivity contribution in [3.05, 3.63) is 53.5 Å². The Balaban J connectivity index is 1.75. The Bertz CT molecular complexity index is 1200. The van der Waals surface area contributed by atoms with E-state index in [1.54, 1.807) is 7.05 Å². The van der Waals surface area contributed by atoms with E-state index in [4.69, 9.17) is 4.74 Å². The average Bonchev–Trinajstić information content (AvgIpc) is 3.11. The number of fused-ring (bicyclic) bond motifs is 1. The van der Waals surface area contributed by atoms with E-state index >= 15 is 0 Å². The third-order valence-corrected chi connectivity index (χ3v) is 6.55. The van der Waals surface area contributed by atoms with Crippen LogP contribution in [-0.2, 0) is 29.9 Å². The molecule has 8 nitrogen and oxygen atoms in total. The second-order valence-electron chi connectivity index (χ2n) is 8.44. The van der Waals surface area contributed by atoms with Crippen molar-refractivity contribution in [2.24, 2.45) is 12.5 Å². The highest BCUT2D eigenvalue weighted by atomic mass is 32.2. The quantitative estimate of drug-likeness (QED) is 0.668.